The lowest BCUT2D eigenvalue weighted by atomic mass is 10.1. The number of nitrogens with one attached hydrogen (secondary N) is 1. The normalized spacial score (nSPS) is 12.6. The Balaban J connectivity index is 2.08. The van der Waals surface area contributed by atoms with E-state index in [1.165, 1.54) is 0 Å². The highest BCUT2D eigenvalue weighted by molar-refractivity contribution is 6.31. The van der Waals surface area contributed by atoms with E-state index in [-0.39, 0.29) is 12.6 Å². The Morgan fingerprint density at radius 1 is 1.37 bits per heavy atom. The minimum Gasteiger partial charge on any atom is -0.394 e. The lowest BCUT2D eigenvalue weighted by Crippen LogP contribution is -2.25. The molecule has 2 N–H and O–H groups in total. The molecule has 19 heavy (non-hydrogen) atoms. The van der Waals surface area contributed by atoms with Crippen LogP contribution >= 0.6 is 11.6 Å². The molecule has 0 spiro atoms. The van der Waals surface area contributed by atoms with Crippen LogP contribution < -0.4 is 5.32 Å². The Morgan fingerprint density at radius 2 is 2.05 bits per heavy atom. The molecule has 1 aromatic heterocycles. The molecule has 2 aromatic rings. The third kappa shape index (κ3) is 3.15. The molecule has 0 radical (unpaired) electrons. The molecule has 4 nitrogen and oxygen atoms in total. The fourth-order valence-electron chi connectivity index (χ4n) is 2.07. The first-order valence-electron chi connectivity index (χ1n) is 6.20. The van der Waals surface area contributed by atoms with Crippen molar-refractivity contribution in [2.75, 3.05) is 6.61 Å². The zero-order valence-electron chi connectivity index (χ0n) is 11.1. The fourth-order valence-corrected chi connectivity index (χ4v) is 2.29. The van der Waals surface area contributed by atoms with Crippen LogP contribution in [0.1, 0.15) is 23.0 Å². The lowest BCUT2D eigenvalue weighted by molar-refractivity contribution is 0.243. The molecule has 0 aliphatic carbocycles. The van der Waals surface area contributed by atoms with Gasteiger partial charge in [-0.1, -0.05) is 41.9 Å². The SMILES string of the molecule is Cc1nn(C)c(CNC(CO)c2ccccc2)c1Cl. The second-order valence-corrected chi connectivity index (χ2v) is 4.87. The van der Waals surface area contributed by atoms with Crippen molar-refractivity contribution in [1.82, 2.24) is 15.1 Å². The van der Waals surface area contributed by atoms with Crippen molar-refractivity contribution in [3.05, 3.63) is 52.3 Å². The Morgan fingerprint density at radius 3 is 2.58 bits per heavy atom. The predicted octanol–water partition coefficient (Wildman–Crippen LogP) is 2.21. The zero-order chi connectivity index (χ0) is 13.8. The maximum absolute atomic E-state index is 9.48. The molecule has 0 aliphatic heterocycles. The second kappa shape index (κ2) is 6.19. The summed E-state index contributed by atoms with van der Waals surface area (Å²) in [4.78, 5) is 0. The maximum Gasteiger partial charge on any atom is 0.0860 e. The highest BCUT2D eigenvalue weighted by Crippen LogP contribution is 2.20. The van der Waals surface area contributed by atoms with Crippen LogP contribution in [-0.2, 0) is 13.6 Å². The van der Waals surface area contributed by atoms with Crippen LogP contribution in [0.2, 0.25) is 5.02 Å². The number of nitrogens with zero attached hydrogens (tertiary/aromatic N) is 2. The molecule has 1 heterocycles. The number of benzene rings is 1. The summed E-state index contributed by atoms with van der Waals surface area (Å²) < 4.78 is 1.77. The summed E-state index contributed by atoms with van der Waals surface area (Å²) in [5.41, 5.74) is 2.80. The van der Waals surface area contributed by atoms with Crippen molar-refractivity contribution in [3.63, 3.8) is 0 Å². The zero-order valence-corrected chi connectivity index (χ0v) is 11.9. The van der Waals surface area contributed by atoms with Crippen LogP contribution in [0.25, 0.3) is 0 Å². The number of aromatic nitrogens is 2. The summed E-state index contributed by atoms with van der Waals surface area (Å²) in [7, 11) is 1.87. The van der Waals surface area contributed by atoms with E-state index < -0.39 is 0 Å². The quantitative estimate of drug-likeness (QED) is 0.882. The summed E-state index contributed by atoms with van der Waals surface area (Å²) >= 11 is 6.20. The topological polar surface area (TPSA) is 50.1 Å². The Kier molecular flexibility index (Phi) is 4.58. The molecule has 1 atom stereocenters. The monoisotopic (exact) mass is 279 g/mol. The number of halogens is 1. The van der Waals surface area contributed by atoms with E-state index in [0.29, 0.717) is 11.6 Å². The average Bonchev–Trinajstić information content (AvgIpc) is 2.66. The van der Waals surface area contributed by atoms with Gasteiger partial charge in [-0.05, 0) is 12.5 Å². The summed E-state index contributed by atoms with van der Waals surface area (Å²) in [5.74, 6) is 0. The van der Waals surface area contributed by atoms with Crippen molar-refractivity contribution >= 4 is 11.6 Å². The van der Waals surface area contributed by atoms with Gasteiger partial charge in [0, 0.05) is 13.6 Å². The minimum atomic E-state index is -0.104. The van der Waals surface area contributed by atoms with Gasteiger partial charge in [-0.2, -0.15) is 5.10 Å². The second-order valence-electron chi connectivity index (χ2n) is 4.50. The van der Waals surface area contributed by atoms with Crippen molar-refractivity contribution in [1.29, 1.82) is 0 Å². The van der Waals surface area contributed by atoms with Gasteiger partial charge in [0.1, 0.15) is 0 Å². The average molecular weight is 280 g/mol. The molecule has 0 saturated heterocycles. The smallest absolute Gasteiger partial charge is 0.0860 e. The highest BCUT2D eigenvalue weighted by atomic mass is 35.5. The van der Waals surface area contributed by atoms with Gasteiger partial charge >= 0.3 is 0 Å². The maximum atomic E-state index is 9.48. The van der Waals surface area contributed by atoms with Gasteiger partial charge in [0.05, 0.1) is 29.1 Å². The van der Waals surface area contributed by atoms with Gasteiger partial charge in [-0.15, -0.1) is 0 Å². The molecular weight excluding hydrogens is 262 g/mol. The number of hydrogen-bond acceptors (Lipinski definition) is 3. The molecule has 0 fully saturated rings. The van der Waals surface area contributed by atoms with E-state index in [2.05, 4.69) is 10.4 Å². The van der Waals surface area contributed by atoms with E-state index in [0.717, 1.165) is 17.0 Å². The van der Waals surface area contributed by atoms with E-state index >= 15 is 0 Å². The molecule has 5 heteroatoms. The molecule has 2 rings (SSSR count). The highest BCUT2D eigenvalue weighted by Gasteiger charge is 2.14. The van der Waals surface area contributed by atoms with Crippen LogP contribution in [0, 0.1) is 6.92 Å². The van der Waals surface area contributed by atoms with Crippen LogP contribution in [0.5, 0.6) is 0 Å². The Hall–Kier alpha value is -1.36. The minimum absolute atomic E-state index is 0.0401. The molecular formula is C14H18ClN3O. The van der Waals surface area contributed by atoms with Crippen molar-refractivity contribution in [2.45, 2.75) is 19.5 Å². The number of aliphatic hydroxyl groups is 1. The van der Waals surface area contributed by atoms with E-state index in [4.69, 9.17) is 11.6 Å². The Labute approximate surface area is 118 Å². The van der Waals surface area contributed by atoms with Gasteiger partial charge in [0.15, 0.2) is 0 Å². The van der Waals surface area contributed by atoms with Gasteiger partial charge in [-0.25, -0.2) is 0 Å². The van der Waals surface area contributed by atoms with Crippen LogP contribution in [-0.4, -0.2) is 21.5 Å². The number of hydrogen-bond donors (Lipinski definition) is 2. The predicted molar refractivity (Wildman–Crippen MR) is 76.1 cm³/mol. The van der Waals surface area contributed by atoms with Crippen LogP contribution in [0.4, 0.5) is 0 Å². The summed E-state index contributed by atoms with van der Waals surface area (Å²) in [6.45, 7) is 2.49. The molecule has 102 valence electrons. The summed E-state index contributed by atoms with van der Waals surface area (Å²) in [6.07, 6.45) is 0. The molecule has 0 aliphatic rings. The fraction of sp³-hybridized carbons (Fsp3) is 0.357. The standard InChI is InChI=1S/C14H18ClN3O/c1-10-14(15)13(18(2)17-10)8-16-12(9-19)11-6-4-3-5-7-11/h3-7,12,16,19H,8-9H2,1-2H3. The number of rotatable bonds is 5. The summed E-state index contributed by atoms with van der Waals surface area (Å²) in [5, 5.41) is 17.7. The van der Waals surface area contributed by atoms with Gasteiger partial charge in [0.2, 0.25) is 0 Å². The van der Waals surface area contributed by atoms with E-state index in [1.54, 1.807) is 4.68 Å². The van der Waals surface area contributed by atoms with Gasteiger partial charge in [0.25, 0.3) is 0 Å². The molecule has 0 amide bonds. The third-order valence-corrected chi connectivity index (χ3v) is 3.65. The number of aryl methyl sites for hydroxylation is 2. The van der Waals surface area contributed by atoms with Crippen molar-refractivity contribution in [2.24, 2.45) is 7.05 Å². The first-order chi connectivity index (χ1) is 9.13. The first-order valence-corrected chi connectivity index (χ1v) is 6.58. The molecule has 0 saturated carbocycles. The van der Waals surface area contributed by atoms with Gasteiger partial charge < -0.3 is 10.4 Å². The molecule has 0 bridgehead atoms. The molecule has 1 aromatic carbocycles. The number of aliphatic hydroxyl groups excluding tert-OH is 1. The van der Waals surface area contributed by atoms with Crippen molar-refractivity contribution < 1.29 is 5.11 Å². The van der Waals surface area contributed by atoms with Crippen LogP contribution in [0.3, 0.4) is 0 Å². The van der Waals surface area contributed by atoms with Crippen molar-refractivity contribution in [3.8, 4) is 0 Å². The first kappa shape index (κ1) is 14.1. The molecule has 1 unspecified atom stereocenters. The largest absolute Gasteiger partial charge is 0.394 e. The van der Waals surface area contributed by atoms with E-state index in [1.807, 2.05) is 44.3 Å². The van der Waals surface area contributed by atoms with E-state index in [9.17, 15) is 5.11 Å². The third-order valence-electron chi connectivity index (χ3n) is 3.16. The lowest BCUT2D eigenvalue weighted by Gasteiger charge is -2.16. The van der Waals surface area contributed by atoms with Gasteiger partial charge in [-0.3, -0.25) is 4.68 Å². The Bertz CT molecular complexity index is 539. The van der Waals surface area contributed by atoms with Crippen LogP contribution in [0.15, 0.2) is 30.3 Å². The summed E-state index contributed by atoms with van der Waals surface area (Å²) in [6, 6.07) is 9.75.